The first-order valence-electron chi connectivity index (χ1n) is 22.4. The zero-order chi connectivity index (χ0) is 43.5. The first-order valence-corrected chi connectivity index (χ1v) is 18.9. The van der Waals surface area contributed by atoms with E-state index in [1.807, 2.05) is 103 Å². The van der Waals surface area contributed by atoms with E-state index in [2.05, 4.69) is 59.2 Å². The Hall–Kier alpha value is -7.62. The smallest absolute Gasteiger partial charge is 0.137 e. The molecular formula is C54H34N2O. The fraction of sp³-hybridized carbons (Fsp3) is 0. The van der Waals surface area contributed by atoms with E-state index in [1.54, 1.807) is 10.6 Å². The molecule has 0 saturated carbocycles. The maximum absolute atomic E-state index is 9.93. The van der Waals surface area contributed by atoms with Gasteiger partial charge in [-0.05, 0) is 88.4 Å². The number of benzene rings is 9. The van der Waals surface area contributed by atoms with Crippen molar-refractivity contribution >= 4 is 65.6 Å². The Morgan fingerprint density at radius 1 is 0.368 bits per heavy atom. The third-order valence-corrected chi connectivity index (χ3v) is 11.2. The third-order valence-electron chi connectivity index (χ3n) is 11.2. The molecule has 0 saturated heterocycles. The zero-order valence-corrected chi connectivity index (χ0v) is 30.4. The van der Waals surface area contributed by atoms with E-state index >= 15 is 0 Å². The molecule has 0 spiro atoms. The Kier molecular flexibility index (Phi) is 5.56. The van der Waals surface area contributed by atoms with Crippen molar-refractivity contribution in [3.05, 3.63) is 206 Å². The van der Waals surface area contributed by atoms with Gasteiger partial charge in [0.15, 0.2) is 0 Å². The highest BCUT2D eigenvalue weighted by molar-refractivity contribution is 6.14. The van der Waals surface area contributed by atoms with Crippen molar-refractivity contribution in [2.24, 2.45) is 0 Å². The number of para-hydroxylation sites is 3. The molecule has 0 atom stereocenters. The lowest BCUT2D eigenvalue weighted by Crippen LogP contribution is -1.97. The molecule has 12 rings (SSSR count). The van der Waals surface area contributed by atoms with Gasteiger partial charge in [0.25, 0.3) is 0 Å². The van der Waals surface area contributed by atoms with Gasteiger partial charge in [-0.3, -0.25) is 0 Å². The molecule has 0 amide bonds. The number of hydrogen-bond donors (Lipinski definition) is 0. The lowest BCUT2D eigenvalue weighted by atomic mass is 9.99. The molecule has 12 aromatic rings. The second kappa shape index (κ2) is 12.5. The predicted octanol–water partition coefficient (Wildman–Crippen LogP) is 14.8. The van der Waals surface area contributed by atoms with E-state index in [0.717, 1.165) is 60.5 Å². The van der Waals surface area contributed by atoms with Crippen molar-refractivity contribution in [1.29, 1.82) is 0 Å². The lowest BCUT2D eigenvalue weighted by Gasteiger charge is -2.14. The largest absolute Gasteiger partial charge is 0.456 e. The minimum absolute atomic E-state index is 0.0986. The Labute approximate surface area is 338 Å². The summed E-state index contributed by atoms with van der Waals surface area (Å²) in [6.45, 7) is 0. The van der Waals surface area contributed by atoms with Crippen molar-refractivity contribution in [1.82, 2.24) is 9.13 Å². The maximum atomic E-state index is 9.93. The summed E-state index contributed by atoms with van der Waals surface area (Å²) in [5, 5.41) is 3.95. The molecule has 0 radical (unpaired) electrons. The van der Waals surface area contributed by atoms with Crippen LogP contribution in [0.25, 0.3) is 110 Å². The topological polar surface area (TPSA) is 23.0 Å². The highest BCUT2D eigenvalue weighted by atomic mass is 16.3. The number of hydrogen-bond acceptors (Lipinski definition) is 1. The predicted molar refractivity (Wildman–Crippen MR) is 239 cm³/mol. The van der Waals surface area contributed by atoms with Crippen LogP contribution in [0.5, 0.6) is 0 Å². The normalized spacial score (nSPS) is 13.6. The van der Waals surface area contributed by atoms with Crippen molar-refractivity contribution in [3.8, 4) is 44.8 Å². The molecule has 0 aliphatic rings. The molecule has 0 aliphatic carbocycles. The lowest BCUT2D eigenvalue weighted by molar-refractivity contribution is 0.668. The maximum Gasteiger partial charge on any atom is 0.137 e. The molecular weight excluding hydrogens is 693 g/mol. The van der Waals surface area contributed by atoms with Crippen LogP contribution in [-0.2, 0) is 0 Å². The van der Waals surface area contributed by atoms with Crippen LogP contribution in [0.1, 0.15) is 9.60 Å². The molecule has 266 valence electrons. The van der Waals surface area contributed by atoms with Crippen molar-refractivity contribution in [3.63, 3.8) is 0 Å². The van der Waals surface area contributed by atoms with E-state index in [0.29, 0.717) is 22.4 Å². The van der Waals surface area contributed by atoms with Gasteiger partial charge in [0.2, 0.25) is 0 Å². The summed E-state index contributed by atoms with van der Waals surface area (Å²) in [6, 6.07) is 52.4. The Morgan fingerprint density at radius 2 is 1.07 bits per heavy atom. The minimum atomic E-state index is -0.438. The molecule has 3 nitrogen and oxygen atoms in total. The van der Waals surface area contributed by atoms with Crippen LogP contribution in [0, 0.1) is 0 Å². The van der Waals surface area contributed by atoms with Gasteiger partial charge < -0.3 is 13.6 Å². The monoisotopic (exact) mass is 733 g/mol. The first-order chi connectivity index (χ1) is 31.2. The fourth-order valence-corrected chi connectivity index (χ4v) is 8.55. The van der Waals surface area contributed by atoms with Crippen LogP contribution in [0.4, 0.5) is 0 Å². The number of nitrogens with zero attached hydrogens (tertiary/aromatic N) is 2. The summed E-state index contributed by atoms with van der Waals surface area (Å²) in [4.78, 5) is 0. The summed E-state index contributed by atoms with van der Waals surface area (Å²) in [7, 11) is 0. The molecule has 3 heterocycles. The highest BCUT2D eigenvalue weighted by Crippen LogP contribution is 2.41. The molecule has 0 aliphatic heterocycles. The van der Waals surface area contributed by atoms with E-state index in [-0.39, 0.29) is 57.6 Å². The fourth-order valence-electron chi connectivity index (χ4n) is 8.55. The van der Waals surface area contributed by atoms with Gasteiger partial charge in [-0.2, -0.15) is 0 Å². The molecule has 0 fully saturated rings. The number of rotatable bonds is 5. The average molecular weight is 734 g/mol. The van der Waals surface area contributed by atoms with Crippen LogP contribution >= 0.6 is 0 Å². The molecule has 57 heavy (non-hydrogen) atoms. The number of aromatic nitrogens is 2. The van der Waals surface area contributed by atoms with Gasteiger partial charge in [0.1, 0.15) is 11.2 Å². The second-order valence-electron chi connectivity index (χ2n) is 14.4. The molecule has 0 bridgehead atoms. The van der Waals surface area contributed by atoms with E-state index in [4.69, 9.17) is 7.16 Å². The van der Waals surface area contributed by atoms with E-state index in [9.17, 15) is 6.85 Å². The van der Waals surface area contributed by atoms with Gasteiger partial charge in [0, 0.05) is 49.6 Å². The average Bonchev–Trinajstić information content (AvgIpc) is 4.00. The van der Waals surface area contributed by atoms with Crippen molar-refractivity contribution in [2.75, 3.05) is 0 Å². The molecule has 9 aromatic carbocycles. The number of furan rings is 1. The Bertz CT molecular complexity index is 3930. The Morgan fingerprint density at radius 3 is 1.96 bits per heavy atom. The van der Waals surface area contributed by atoms with Gasteiger partial charge >= 0.3 is 0 Å². The Balaban J connectivity index is 1.14. The van der Waals surface area contributed by atoms with E-state index in [1.165, 1.54) is 0 Å². The molecule has 3 heteroatoms. The van der Waals surface area contributed by atoms with Crippen LogP contribution in [-0.4, -0.2) is 9.13 Å². The van der Waals surface area contributed by atoms with Crippen molar-refractivity contribution < 1.29 is 14.0 Å². The zero-order valence-electron chi connectivity index (χ0n) is 37.4. The number of fused-ring (bicyclic) bond motifs is 9. The summed E-state index contributed by atoms with van der Waals surface area (Å²) >= 11 is 0. The van der Waals surface area contributed by atoms with Gasteiger partial charge in [0.05, 0.1) is 37.3 Å². The van der Waals surface area contributed by atoms with Crippen LogP contribution in [0.3, 0.4) is 0 Å². The molecule has 3 aromatic heterocycles. The van der Waals surface area contributed by atoms with Gasteiger partial charge in [-0.25, -0.2) is 0 Å². The second-order valence-corrected chi connectivity index (χ2v) is 14.4. The van der Waals surface area contributed by atoms with Crippen LogP contribution < -0.4 is 0 Å². The first kappa shape index (κ1) is 25.5. The van der Waals surface area contributed by atoms with Crippen LogP contribution in [0.15, 0.2) is 211 Å². The summed E-state index contributed by atoms with van der Waals surface area (Å²) in [6.07, 6.45) is 0. The third kappa shape index (κ3) is 4.92. The van der Waals surface area contributed by atoms with Crippen LogP contribution in [0.2, 0.25) is 0 Å². The quantitative estimate of drug-likeness (QED) is 0.173. The van der Waals surface area contributed by atoms with E-state index < -0.39 is 12.1 Å². The summed E-state index contributed by atoms with van der Waals surface area (Å²) in [5.41, 5.74) is 9.93. The van der Waals surface area contributed by atoms with Gasteiger partial charge in [-0.15, -0.1) is 0 Å². The molecule has 0 unspecified atom stereocenters. The highest BCUT2D eigenvalue weighted by Gasteiger charge is 2.19. The minimum Gasteiger partial charge on any atom is -0.456 e. The summed E-state index contributed by atoms with van der Waals surface area (Å²) < 4.78 is 75.2. The standard InChI is InChI=1S/C54H34N2O/c1-3-13-35(14-4-1)39-23-27-43-47-32-38(25-30-51(47)56(52(43)33-39)48-20-10-7-17-41(48)36-15-5-2-6-16-36)37-24-29-50-46(31-37)42-18-8-11-21-49(42)55(50)40-26-28-45-44-19-9-12-22-53(44)57-54(45)34-40/h1-34H/i8D,11D,18D,21D,24D,29D,31D. The SMILES string of the molecule is [2H]c1c([2H])c([2H])c2c(c1[2H])c1c([2H])c(-c3ccc4c(c3)c3ccc(-c5ccccc5)cc3n4-c3ccccc3-c3ccccc3)c([2H])c([2H])c1n2-c1ccc2c(c1)oc1ccccc12. The summed E-state index contributed by atoms with van der Waals surface area (Å²) in [5.74, 6) is 0. The van der Waals surface area contributed by atoms with Gasteiger partial charge in [-0.1, -0.05) is 139 Å². The van der Waals surface area contributed by atoms with Crippen molar-refractivity contribution in [2.45, 2.75) is 0 Å². The molecule has 0 N–H and O–H groups in total.